The third-order valence-corrected chi connectivity index (χ3v) is 7.20. The minimum absolute atomic E-state index is 0.00553. The summed E-state index contributed by atoms with van der Waals surface area (Å²) >= 11 is 0. The van der Waals surface area contributed by atoms with Crippen molar-refractivity contribution >= 4 is 33.2 Å². The number of amides is 1. The monoisotopic (exact) mass is 492 g/mol. The fourth-order valence-electron chi connectivity index (χ4n) is 3.92. The van der Waals surface area contributed by atoms with Gasteiger partial charge in [0, 0.05) is 11.1 Å². The molecule has 1 amide bonds. The molecule has 0 fully saturated rings. The van der Waals surface area contributed by atoms with Crippen LogP contribution in [-0.4, -0.2) is 44.9 Å². The molecule has 180 valence electrons. The van der Waals surface area contributed by atoms with E-state index in [0.717, 1.165) is 4.31 Å². The van der Waals surface area contributed by atoms with Gasteiger partial charge in [0.2, 0.25) is 5.91 Å². The fourth-order valence-corrected chi connectivity index (χ4v) is 5.55. The number of fused-ring (bicyclic) bond motifs is 1. The number of nitrogens with zero attached hydrogens (tertiary/aromatic N) is 1. The summed E-state index contributed by atoms with van der Waals surface area (Å²) in [4.78, 5) is 26.1. The normalized spacial score (nSPS) is 14.2. The first-order chi connectivity index (χ1) is 16.9. The van der Waals surface area contributed by atoms with E-state index >= 15 is 0 Å². The van der Waals surface area contributed by atoms with E-state index in [0.29, 0.717) is 34.7 Å². The summed E-state index contributed by atoms with van der Waals surface area (Å²) in [6.45, 7) is 1.56. The van der Waals surface area contributed by atoms with Crippen molar-refractivity contribution in [3.05, 3.63) is 95.7 Å². The number of carbonyl (C=O) groups excluding carboxylic acids is 2. The van der Waals surface area contributed by atoms with Gasteiger partial charge in [-0.1, -0.05) is 60.7 Å². The van der Waals surface area contributed by atoms with Crippen molar-refractivity contribution in [1.82, 2.24) is 4.31 Å². The van der Waals surface area contributed by atoms with Crippen LogP contribution in [0.4, 0.5) is 5.69 Å². The van der Waals surface area contributed by atoms with Crippen molar-refractivity contribution < 1.29 is 27.5 Å². The summed E-state index contributed by atoms with van der Waals surface area (Å²) in [5.74, 6) is -1.07. The molecule has 0 radical (unpaired) electrons. The highest BCUT2D eigenvalue weighted by molar-refractivity contribution is 7.89. The number of rotatable bonds is 7. The van der Waals surface area contributed by atoms with Gasteiger partial charge >= 0.3 is 5.97 Å². The van der Waals surface area contributed by atoms with Gasteiger partial charge in [0.25, 0.3) is 10.0 Å². The van der Waals surface area contributed by atoms with Gasteiger partial charge in [-0.15, -0.1) is 0 Å². The van der Waals surface area contributed by atoms with E-state index in [-0.39, 0.29) is 10.6 Å². The Hall–Kier alpha value is -4.11. The molecule has 8 nitrogen and oxygen atoms in total. The Morgan fingerprint density at radius 3 is 2.29 bits per heavy atom. The molecule has 35 heavy (non-hydrogen) atoms. The Labute approximate surface area is 203 Å². The Morgan fingerprint density at radius 1 is 0.914 bits per heavy atom. The maximum absolute atomic E-state index is 13.6. The Balaban J connectivity index is 1.84. The first-order valence-electron chi connectivity index (χ1n) is 10.9. The average molecular weight is 493 g/mol. The number of ether oxygens (including phenoxy) is 2. The zero-order chi connectivity index (χ0) is 25.0. The van der Waals surface area contributed by atoms with Gasteiger partial charge in [0.05, 0.1) is 24.3 Å². The largest absolute Gasteiger partial charge is 0.492 e. The molecule has 0 bridgehead atoms. The highest BCUT2D eigenvalue weighted by Gasteiger charge is 2.41. The zero-order valence-corrected chi connectivity index (χ0v) is 20.0. The molecule has 0 unspecified atom stereocenters. The van der Waals surface area contributed by atoms with Crippen molar-refractivity contribution in [2.75, 3.05) is 25.6 Å². The summed E-state index contributed by atoms with van der Waals surface area (Å²) in [5.41, 5.74) is 1.50. The summed E-state index contributed by atoms with van der Waals surface area (Å²) in [6.07, 6.45) is 0. The van der Waals surface area contributed by atoms with Gasteiger partial charge in [0.15, 0.2) is 0 Å². The van der Waals surface area contributed by atoms with E-state index < -0.39 is 28.4 Å². The summed E-state index contributed by atoms with van der Waals surface area (Å²) in [5, 5.41) is 2.69. The summed E-state index contributed by atoms with van der Waals surface area (Å²) in [7, 11) is -3.08. The van der Waals surface area contributed by atoms with Crippen LogP contribution in [0.5, 0.6) is 5.75 Å². The second-order valence-electron chi connectivity index (χ2n) is 7.57. The number of carbonyl (C=O) groups is 2. The van der Waals surface area contributed by atoms with Crippen LogP contribution >= 0.6 is 0 Å². The molecule has 0 aromatic heterocycles. The Bertz CT molecular complexity index is 1400. The molecule has 0 saturated heterocycles. The Morgan fingerprint density at radius 2 is 1.57 bits per heavy atom. The van der Waals surface area contributed by atoms with E-state index in [1.165, 1.54) is 13.2 Å². The minimum atomic E-state index is -4.25. The number of esters is 1. The van der Waals surface area contributed by atoms with Crippen LogP contribution in [0.1, 0.15) is 18.1 Å². The lowest BCUT2D eigenvalue weighted by molar-refractivity contribution is -0.137. The second-order valence-corrected chi connectivity index (χ2v) is 9.40. The molecule has 4 rings (SSSR count). The lowest BCUT2D eigenvalue weighted by Crippen LogP contribution is -2.43. The van der Waals surface area contributed by atoms with Gasteiger partial charge in [-0.05, 0) is 30.7 Å². The number of methoxy groups -OCH3 is 1. The first kappa shape index (κ1) is 24.0. The van der Waals surface area contributed by atoms with E-state index in [1.54, 1.807) is 66.7 Å². The number of sulfonamides is 1. The second kappa shape index (κ2) is 10.0. The Kier molecular flexibility index (Phi) is 6.88. The molecule has 3 aromatic rings. The number of anilines is 1. The van der Waals surface area contributed by atoms with Crippen LogP contribution in [0.2, 0.25) is 0 Å². The summed E-state index contributed by atoms with van der Waals surface area (Å²) < 4.78 is 38.6. The molecule has 1 N–H and O–H groups in total. The van der Waals surface area contributed by atoms with Crippen LogP contribution < -0.4 is 10.1 Å². The molecule has 3 aromatic carbocycles. The number of hydrogen-bond acceptors (Lipinski definition) is 6. The predicted octanol–water partition coefficient (Wildman–Crippen LogP) is 3.66. The SMILES string of the molecule is CCOc1ccccc1NC(=O)CN1C(C(=O)OC)=C(c2ccccc2)c2ccccc2S1(=O)=O. The van der Waals surface area contributed by atoms with Crippen molar-refractivity contribution in [3.8, 4) is 5.75 Å². The van der Waals surface area contributed by atoms with Gasteiger partial charge in [-0.3, -0.25) is 4.79 Å². The molecule has 1 heterocycles. The molecular formula is C26H24N2O6S. The lowest BCUT2D eigenvalue weighted by Gasteiger charge is -2.32. The van der Waals surface area contributed by atoms with Crippen molar-refractivity contribution in [1.29, 1.82) is 0 Å². The highest BCUT2D eigenvalue weighted by atomic mass is 32.2. The van der Waals surface area contributed by atoms with Crippen molar-refractivity contribution in [2.45, 2.75) is 11.8 Å². The smallest absolute Gasteiger partial charge is 0.356 e. The van der Waals surface area contributed by atoms with E-state index in [9.17, 15) is 18.0 Å². The van der Waals surface area contributed by atoms with Gasteiger partial charge < -0.3 is 14.8 Å². The molecule has 0 aliphatic carbocycles. The first-order valence-corrected chi connectivity index (χ1v) is 12.3. The van der Waals surface area contributed by atoms with Crippen LogP contribution in [0, 0.1) is 0 Å². The van der Waals surface area contributed by atoms with E-state index in [1.807, 2.05) is 13.0 Å². The predicted molar refractivity (Wildman–Crippen MR) is 131 cm³/mol. The lowest BCUT2D eigenvalue weighted by atomic mass is 9.95. The topological polar surface area (TPSA) is 102 Å². The summed E-state index contributed by atoms with van der Waals surface area (Å²) in [6, 6.07) is 22.1. The average Bonchev–Trinajstić information content (AvgIpc) is 2.87. The number of nitrogens with one attached hydrogen (secondary N) is 1. The third kappa shape index (κ3) is 4.63. The van der Waals surface area contributed by atoms with Gasteiger partial charge in [-0.25, -0.2) is 17.5 Å². The molecule has 1 aliphatic heterocycles. The number of hydrogen-bond donors (Lipinski definition) is 1. The number of para-hydroxylation sites is 2. The van der Waals surface area contributed by atoms with Gasteiger partial charge in [-0.2, -0.15) is 0 Å². The molecular weight excluding hydrogens is 468 g/mol. The van der Waals surface area contributed by atoms with E-state index in [2.05, 4.69) is 5.32 Å². The maximum atomic E-state index is 13.6. The number of benzene rings is 3. The maximum Gasteiger partial charge on any atom is 0.356 e. The van der Waals surface area contributed by atoms with Crippen LogP contribution in [0.3, 0.4) is 0 Å². The zero-order valence-electron chi connectivity index (χ0n) is 19.2. The van der Waals surface area contributed by atoms with Crippen molar-refractivity contribution in [2.24, 2.45) is 0 Å². The van der Waals surface area contributed by atoms with Crippen molar-refractivity contribution in [3.63, 3.8) is 0 Å². The van der Waals surface area contributed by atoms with Crippen LogP contribution in [-0.2, 0) is 24.3 Å². The molecule has 1 aliphatic rings. The molecule has 0 atom stereocenters. The van der Waals surface area contributed by atoms with Crippen LogP contribution in [0.15, 0.2) is 89.5 Å². The minimum Gasteiger partial charge on any atom is -0.492 e. The quantitative estimate of drug-likeness (QED) is 0.505. The van der Waals surface area contributed by atoms with Gasteiger partial charge in [0.1, 0.15) is 18.0 Å². The van der Waals surface area contributed by atoms with E-state index in [4.69, 9.17) is 9.47 Å². The molecule has 0 spiro atoms. The third-order valence-electron chi connectivity index (χ3n) is 5.40. The highest BCUT2D eigenvalue weighted by Crippen LogP contribution is 2.40. The van der Waals surface area contributed by atoms with Crippen LogP contribution in [0.25, 0.3) is 5.57 Å². The molecule has 0 saturated carbocycles. The molecule has 9 heteroatoms. The standard InChI is InChI=1S/C26H24N2O6S/c1-3-34-21-15-9-8-14-20(21)27-23(29)17-28-25(26(30)33-2)24(18-11-5-4-6-12-18)19-13-7-10-16-22(19)35(28,31)32/h4-16H,3,17H2,1-2H3,(H,27,29). The fraction of sp³-hybridized carbons (Fsp3) is 0.154.